The van der Waals surface area contributed by atoms with Gasteiger partial charge < -0.3 is 4.90 Å². The van der Waals surface area contributed by atoms with Crippen LogP contribution in [0, 0.1) is 0 Å². The first kappa shape index (κ1) is 18.3. The van der Waals surface area contributed by atoms with Gasteiger partial charge in [0.2, 0.25) is 0 Å². The van der Waals surface area contributed by atoms with Gasteiger partial charge in [0.25, 0.3) is 0 Å². The number of hydrogen-bond donors (Lipinski definition) is 0. The lowest BCUT2D eigenvalue weighted by atomic mass is 9.98. The third-order valence-electron chi connectivity index (χ3n) is 5.02. The topological polar surface area (TPSA) is 76.1 Å². The van der Waals surface area contributed by atoms with Crippen LogP contribution in [0.1, 0.15) is 36.4 Å². The molecule has 1 atom stereocenters. The van der Waals surface area contributed by atoms with E-state index in [1.54, 1.807) is 35.9 Å². The quantitative estimate of drug-likeness (QED) is 0.665. The number of hydrogen-bond acceptors (Lipinski definition) is 7. The van der Waals surface area contributed by atoms with Gasteiger partial charge in [-0.1, -0.05) is 6.92 Å². The zero-order valence-corrected chi connectivity index (χ0v) is 17.1. The molecule has 0 radical (unpaired) electrons. The van der Waals surface area contributed by atoms with E-state index >= 15 is 0 Å². The van der Waals surface area contributed by atoms with Gasteiger partial charge in [-0.05, 0) is 37.5 Å². The summed E-state index contributed by atoms with van der Waals surface area (Å²) in [4.78, 5) is 16.1. The highest BCUT2D eigenvalue weighted by molar-refractivity contribution is 7.90. The normalized spacial score (nSPS) is 18.1. The van der Waals surface area contributed by atoms with Gasteiger partial charge in [-0.25, -0.2) is 23.4 Å². The molecule has 27 heavy (non-hydrogen) atoms. The molecule has 3 heterocycles. The van der Waals surface area contributed by atoms with E-state index in [0.29, 0.717) is 10.8 Å². The van der Waals surface area contributed by atoms with Crippen molar-refractivity contribution in [1.29, 1.82) is 0 Å². The minimum atomic E-state index is -3.28. The monoisotopic (exact) mass is 402 g/mol. The van der Waals surface area contributed by atoms with Crippen LogP contribution in [0.4, 0.5) is 5.82 Å². The van der Waals surface area contributed by atoms with Gasteiger partial charge in [0.05, 0.1) is 21.1 Å². The van der Waals surface area contributed by atoms with Crippen LogP contribution in [0.15, 0.2) is 34.8 Å². The van der Waals surface area contributed by atoms with E-state index in [9.17, 15) is 8.42 Å². The molecule has 1 fully saturated rings. The number of aromatic nitrogens is 3. The Hall–Kier alpha value is -2.06. The summed E-state index contributed by atoms with van der Waals surface area (Å²) in [6.07, 6.45) is 5.91. The molecule has 4 rings (SSSR count). The predicted octanol–water partition coefficient (Wildman–Crippen LogP) is 3.44. The molecule has 0 bridgehead atoms. The molecule has 3 aromatic rings. The lowest BCUT2D eigenvalue weighted by Gasteiger charge is -2.33. The molecule has 1 aliphatic heterocycles. The number of rotatable bonds is 4. The Bertz CT molecular complexity index is 1080. The summed E-state index contributed by atoms with van der Waals surface area (Å²) in [5.74, 6) is 1.19. The van der Waals surface area contributed by atoms with Gasteiger partial charge >= 0.3 is 0 Å². The van der Waals surface area contributed by atoms with Gasteiger partial charge in [0.1, 0.15) is 12.1 Å². The summed E-state index contributed by atoms with van der Waals surface area (Å²) in [6.45, 7) is 3.86. The van der Waals surface area contributed by atoms with Crippen LogP contribution in [0.3, 0.4) is 0 Å². The Kier molecular flexibility index (Phi) is 4.86. The van der Waals surface area contributed by atoms with Crippen molar-refractivity contribution >= 4 is 37.9 Å². The average molecular weight is 403 g/mol. The lowest BCUT2D eigenvalue weighted by Crippen LogP contribution is -2.35. The van der Waals surface area contributed by atoms with E-state index in [1.165, 1.54) is 11.3 Å². The van der Waals surface area contributed by atoms with E-state index in [2.05, 4.69) is 27.2 Å². The van der Waals surface area contributed by atoms with Crippen LogP contribution in [0.25, 0.3) is 10.9 Å². The molecule has 0 amide bonds. The van der Waals surface area contributed by atoms with Crippen molar-refractivity contribution in [1.82, 2.24) is 15.0 Å². The van der Waals surface area contributed by atoms with Crippen LogP contribution in [0.2, 0.25) is 0 Å². The maximum atomic E-state index is 12.0. The van der Waals surface area contributed by atoms with Gasteiger partial charge in [0, 0.05) is 36.0 Å². The van der Waals surface area contributed by atoms with Crippen molar-refractivity contribution in [2.75, 3.05) is 24.2 Å². The minimum absolute atomic E-state index is 0.298. The highest BCUT2D eigenvalue weighted by Gasteiger charge is 2.26. The van der Waals surface area contributed by atoms with Crippen LogP contribution in [-0.2, 0) is 16.3 Å². The van der Waals surface area contributed by atoms with E-state index in [-0.39, 0.29) is 0 Å². The first-order chi connectivity index (χ1) is 13.0. The Morgan fingerprint density at radius 2 is 2.15 bits per heavy atom. The smallest absolute Gasteiger partial charge is 0.175 e. The summed E-state index contributed by atoms with van der Waals surface area (Å²) in [6, 6.07) is 5.06. The van der Waals surface area contributed by atoms with Gasteiger partial charge in [-0.15, -0.1) is 11.3 Å². The minimum Gasteiger partial charge on any atom is -0.355 e. The molecule has 1 saturated heterocycles. The molecule has 0 spiro atoms. The Labute approximate surface area is 163 Å². The molecule has 1 aromatic carbocycles. The number of aryl methyl sites for hydroxylation is 1. The molecule has 8 heteroatoms. The molecule has 6 nitrogen and oxygen atoms in total. The van der Waals surface area contributed by atoms with Crippen molar-refractivity contribution in [2.45, 2.75) is 37.0 Å². The van der Waals surface area contributed by atoms with E-state index < -0.39 is 9.84 Å². The van der Waals surface area contributed by atoms with Crippen molar-refractivity contribution in [3.05, 3.63) is 40.6 Å². The number of fused-ring (bicyclic) bond motifs is 1. The maximum absolute atomic E-state index is 12.0. The van der Waals surface area contributed by atoms with E-state index in [0.717, 1.165) is 54.8 Å². The third-order valence-corrected chi connectivity index (χ3v) is 7.18. The van der Waals surface area contributed by atoms with Gasteiger partial charge in [0.15, 0.2) is 9.84 Å². The largest absolute Gasteiger partial charge is 0.355 e. The summed E-state index contributed by atoms with van der Waals surface area (Å²) >= 11 is 1.74. The summed E-state index contributed by atoms with van der Waals surface area (Å²) < 4.78 is 23.9. The second-order valence-electron chi connectivity index (χ2n) is 6.96. The van der Waals surface area contributed by atoms with Crippen molar-refractivity contribution in [3.8, 4) is 0 Å². The van der Waals surface area contributed by atoms with E-state index in [1.807, 2.05) is 0 Å². The SMILES string of the molecule is CCc1csc(C2CCCN(c3ncnc4ccc(S(C)(=O)=O)cc34)C2)n1. The zero-order valence-electron chi connectivity index (χ0n) is 15.4. The summed E-state index contributed by atoms with van der Waals surface area (Å²) in [5.41, 5.74) is 1.91. The Morgan fingerprint density at radius 3 is 2.89 bits per heavy atom. The second-order valence-corrected chi connectivity index (χ2v) is 9.87. The highest BCUT2D eigenvalue weighted by atomic mass is 32.2. The van der Waals surface area contributed by atoms with Gasteiger partial charge in [-0.2, -0.15) is 0 Å². The molecule has 0 saturated carbocycles. The van der Waals surface area contributed by atoms with Crippen molar-refractivity contribution in [3.63, 3.8) is 0 Å². The molecule has 1 unspecified atom stereocenters. The Morgan fingerprint density at radius 1 is 1.30 bits per heavy atom. The maximum Gasteiger partial charge on any atom is 0.175 e. The average Bonchev–Trinajstić information content (AvgIpc) is 3.16. The molecule has 0 N–H and O–H groups in total. The van der Waals surface area contributed by atoms with E-state index in [4.69, 9.17) is 4.98 Å². The number of sulfone groups is 1. The standard InChI is InChI=1S/C19H22N4O2S2/c1-3-14-11-26-19(22-14)13-5-4-8-23(10-13)18-16-9-15(27(2,24)25)6-7-17(16)20-12-21-18/h6-7,9,11-13H,3-5,8,10H2,1-2H3. The van der Waals surface area contributed by atoms with Crippen molar-refractivity contribution in [2.24, 2.45) is 0 Å². The molecule has 2 aromatic heterocycles. The van der Waals surface area contributed by atoms with Crippen molar-refractivity contribution < 1.29 is 8.42 Å². The fraction of sp³-hybridized carbons (Fsp3) is 0.421. The molecule has 142 valence electrons. The first-order valence-corrected chi connectivity index (χ1v) is 11.9. The summed E-state index contributed by atoms with van der Waals surface area (Å²) in [7, 11) is -3.28. The Balaban J connectivity index is 1.70. The number of benzene rings is 1. The zero-order chi connectivity index (χ0) is 19.0. The highest BCUT2D eigenvalue weighted by Crippen LogP contribution is 2.34. The second kappa shape index (κ2) is 7.16. The van der Waals surface area contributed by atoms with Gasteiger partial charge in [-0.3, -0.25) is 0 Å². The summed E-state index contributed by atoms with van der Waals surface area (Å²) in [5, 5.41) is 4.12. The van der Waals surface area contributed by atoms with Crippen LogP contribution >= 0.6 is 11.3 Å². The molecule has 1 aliphatic rings. The predicted molar refractivity (Wildman–Crippen MR) is 108 cm³/mol. The number of nitrogens with zero attached hydrogens (tertiary/aromatic N) is 4. The molecular weight excluding hydrogens is 380 g/mol. The number of thiazole rings is 1. The third kappa shape index (κ3) is 3.68. The number of anilines is 1. The van der Waals surface area contributed by atoms with Crippen LogP contribution < -0.4 is 4.90 Å². The molecule has 0 aliphatic carbocycles. The fourth-order valence-corrected chi connectivity index (χ4v) is 5.23. The van der Waals surface area contributed by atoms with Crippen LogP contribution in [0.5, 0.6) is 0 Å². The lowest BCUT2D eigenvalue weighted by molar-refractivity contribution is 0.505. The fourth-order valence-electron chi connectivity index (χ4n) is 3.55. The number of piperidine rings is 1. The van der Waals surface area contributed by atoms with Crippen LogP contribution in [-0.4, -0.2) is 42.7 Å². The molecular formula is C19H22N4O2S2. The first-order valence-electron chi connectivity index (χ1n) is 9.09.